The Hall–Kier alpha value is -2.73. The molecule has 2 amide bonds. The summed E-state index contributed by atoms with van der Waals surface area (Å²) in [6.45, 7) is 1.91. The van der Waals surface area contributed by atoms with Crippen molar-refractivity contribution in [1.82, 2.24) is 5.32 Å². The maximum atomic E-state index is 13.0. The van der Waals surface area contributed by atoms with Gasteiger partial charge in [-0.05, 0) is 35.4 Å². The van der Waals surface area contributed by atoms with E-state index >= 15 is 0 Å². The van der Waals surface area contributed by atoms with Gasteiger partial charge in [0.25, 0.3) is 0 Å². The number of anilines is 1. The van der Waals surface area contributed by atoms with Crippen LogP contribution in [0.2, 0.25) is 0 Å². The summed E-state index contributed by atoms with van der Waals surface area (Å²) < 4.78 is 13.0. The lowest BCUT2D eigenvalue weighted by molar-refractivity contribution is -0.120. The standard InChI is InChI=1S/C18H20FN3O2/c1-12(23)22(2)16-9-3-13(4-10-16)11-21-17(18(20)24)14-5-7-15(19)8-6-14/h3-10,17,21H,11H2,1-2H3,(H2,20,24). The molecule has 2 rings (SSSR count). The topological polar surface area (TPSA) is 75.4 Å². The van der Waals surface area contributed by atoms with E-state index in [0.717, 1.165) is 11.3 Å². The summed E-state index contributed by atoms with van der Waals surface area (Å²) in [5.41, 5.74) is 7.76. The Kier molecular flexibility index (Phi) is 5.65. The molecule has 24 heavy (non-hydrogen) atoms. The van der Waals surface area contributed by atoms with Gasteiger partial charge in [0.05, 0.1) is 0 Å². The van der Waals surface area contributed by atoms with Crippen LogP contribution in [0.15, 0.2) is 48.5 Å². The van der Waals surface area contributed by atoms with E-state index in [1.807, 2.05) is 24.3 Å². The average molecular weight is 329 g/mol. The highest BCUT2D eigenvalue weighted by molar-refractivity contribution is 5.90. The van der Waals surface area contributed by atoms with E-state index in [1.54, 1.807) is 11.9 Å². The van der Waals surface area contributed by atoms with Crippen molar-refractivity contribution in [1.29, 1.82) is 0 Å². The molecule has 1 unspecified atom stereocenters. The smallest absolute Gasteiger partial charge is 0.239 e. The number of nitrogens with one attached hydrogen (secondary N) is 1. The molecular weight excluding hydrogens is 309 g/mol. The highest BCUT2D eigenvalue weighted by Crippen LogP contribution is 2.17. The predicted octanol–water partition coefficient (Wildman–Crippen LogP) is 2.12. The Bertz CT molecular complexity index is 714. The molecule has 5 nitrogen and oxygen atoms in total. The number of carbonyl (C=O) groups is 2. The maximum absolute atomic E-state index is 13.0. The first kappa shape index (κ1) is 17.6. The second-order valence-corrected chi connectivity index (χ2v) is 5.51. The van der Waals surface area contributed by atoms with Crippen LogP contribution in [0.25, 0.3) is 0 Å². The number of amides is 2. The Balaban J connectivity index is 2.05. The fourth-order valence-corrected chi connectivity index (χ4v) is 2.28. The van der Waals surface area contributed by atoms with Gasteiger partial charge >= 0.3 is 0 Å². The van der Waals surface area contributed by atoms with Gasteiger partial charge in [-0.1, -0.05) is 24.3 Å². The summed E-state index contributed by atoms with van der Waals surface area (Å²) in [7, 11) is 1.70. The van der Waals surface area contributed by atoms with E-state index in [2.05, 4.69) is 5.32 Å². The van der Waals surface area contributed by atoms with E-state index in [-0.39, 0.29) is 11.7 Å². The van der Waals surface area contributed by atoms with E-state index < -0.39 is 11.9 Å². The van der Waals surface area contributed by atoms with Crippen LogP contribution in [-0.2, 0) is 16.1 Å². The van der Waals surface area contributed by atoms with Crippen molar-refractivity contribution in [3.63, 3.8) is 0 Å². The van der Waals surface area contributed by atoms with Crippen LogP contribution in [0.1, 0.15) is 24.1 Å². The third-order valence-corrected chi connectivity index (χ3v) is 3.79. The summed E-state index contributed by atoms with van der Waals surface area (Å²) in [5.74, 6) is -0.951. The van der Waals surface area contributed by atoms with Crippen molar-refractivity contribution in [3.05, 3.63) is 65.5 Å². The second kappa shape index (κ2) is 7.70. The quantitative estimate of drug-likeness (QED) is 0.852. The fraction of sp³-hybridized carbons (Fsp3) is 0.222. The van der Waals surface area contributed by atoms with Crippen LogP contribution in [-0.4, -0.2) is 18.9 Å². The van der Waals surface area contributed by atoms with Crippen LogP contribution >= 0.6 is 0 Å². The molecule has 0 heterocycles. The number of benzene rings is 2. The van der Waals surface area contributed by atoms with Gasteiger partial charge in [0.15, 0.2) is 0 Å². The van der Waals surface area contributed by atoms with Gasteiger partial charge in [0.1, 0.15) is 11.9 Å². The zero-order valence-electron chi connectivity index (χ0n) is 13.6. The molecule has 0 aliphatic carbocycles. The molecule has 0 radical (unpaired) electrons. The predicted molar refractivity (Wildman–Crippen MR) is 90.7 cm³/mol. The van der Waals surface area contributed by atoms with E-state index in [1.165, 1.54) is 31.2 Å². The third kappa shape index (κ3) is 4.39. The molecule has 0 bridgehead atoms. The largest absolute Gasteiger partial charge is 0.368 e. The Morgan fingerprint density at radius 2 is 1.71 bits per heavy atom. The zero-order chi connectivity index (χ0) is 17.7. The summed E-state index contributed by atoms with van der Waals surface area (Å²) in [6.07, 6.45) is 0. The van der Waals surface area contributed by atoms with Crippen molar-refractivity contribution in [2.75, 3.05) is 11.9 Å². The van der Waals surface area contributed by atoms with Gasteiger partial charge in [0.2, 0.25) is 11.8 Å². The molecule has 0 fully saturated rings. The Morgan fingerprint density at radius 1 is 1.12 bits per heavy atom. The summed E-state index contributed by atoms with van der Waals surface area (Å²) >= 11 is 0. The van der Waals surface area contributed by atoms with Crippen LogP contribution in [0, 0.1) is 5.82 Å². The van der Waals surface area contributed by atoms with Gasteiger partial charge in [-0.2, -0.15) is 0 Å². The summed E-state index contributed by atoms with van der Waals surface area (Å²) in [4.78, 5) is 24.5. The molecule has 0 saturated carbocycles. The molecule has 2 aromatic rings. The van der Waals surface area contributed by atoms with Crippen LogP contribution < -0.4 is 16.0 Å². The SMILES string of the molecule is CC(=O)N(C)c1ccc(CNC(C(N)=O)c2ccc(F)cc2)cc1. The molecule has 2 aromatic carbocycles. The van der Waals surface area contributed by atoms with Crippen LogP contribution in [0.5, 0.6) is 0 Å². The number of rotatable bonds is 6. The molecule has 0 aliphatic rings. The second-order valence-electron chi connectivity index (χ2n) is 5.51. The van der Waals surface area contributed by atoms with Gasteiger partial charge in [0, 0.05) is 26.2 Å². The molecule has 0 saturated heterocycles. The summed E-state index contributed by atoms with van der Waals surface area (Å²) in [5, 5.41) is 3.07. The van der Waals surface area contributed by atoms with Crippen LogP contribution in [0.3, 0.4) is 0 Å². The fourth-order valence-electron chi connectivity index (χ4n) is 2.28. The van der Waals surface area contributed by atoms with Crippen molar-refractivity contribution >= 4 is 17.5 Å². The van der Waals surface area contributed by atoms with Crippen molar-refractivity contribution in [2.24, 2.45) is 5.73 Å². The Labute approximate surface area is 140 Å². The lowest BCUT2D eigenvalue weighted by atomic mass is 10.1. The molecule has 0 aromatic heterocycles. The lowest BCUT2D eigenvalue weighted by Crippen LogP contribution is -2.33. The minimum atomic E-state index is -0.704. The summed E-state index contributed by atoms with van der Waals surface area (Å²) in [6, 6.07) is 12.3. The first-order chi connectivity index (χ1) is 11.4. The van der Waals surface area contributed by atoms with E-state index in [0.29, 0.717) is 12.1 Å². The molecular formula is C18H20FN3O2. The molecule has 6 heteroatoms. The number of nitrogens with zero attached hydrogens (tertiary/aromatic N) is 1. The minimum Gasteiger partial charge on any atom is -0.368 e. The number of halogens is 1. The Morgan fingerprint density at radius 3 is 2.21 bits per heavy atom. The molecule has 0 spiro atoms. The monoisotopic (exact) mass is 329 g/mol. The van der Waals surface area contributed by atoms with Crippen molar-refractivity contribution in [3.8, 4) is 0 Å². The number of hydrogen-bond acceptors (Lipinski definition) is 3. The normalized spacial score (nSPS) is 11.8. The van der Waals surface area contributed by atoms with Crippen molar-refractivity contribution in [2.45, 2.75) is 19.5 Å². The van der Waals surface area contributed by atoms with Gasteiger partial charge < -0.3 is 10.6 Å². The first-order valence-electron chi connectivity index (χ1n) is 7.50. The van der Waals surface area contributed by atoms with Gasteiger partial charge in [-0.25, -0.2) is 4.39 Å². The van der Waals surface area contributed by atoms with E-state index in [4.69, 9.17) is 5.73 Å². The number of carbonyl (C=O) groups excluding carboxylic acids is 2. The number of primary amides is 1. The van der Waals surface area contributed by atoms with Crippen LogP contribution in [0.4, 0.5) is 10.1 Å². The minimum absolute atomic E-state index is 0.0500. The van der Waals surface area contributed by atoms with Gasteiger partial charge in [-0.15, -0.1) is 0 Å². The maximum Gasteiger partial charge on any atom is 0.239 e. The molecule has 0 aliphatic heterocycles. The highest BCUT2D eigenvalue weighted by Gasteiger charge is 2.17. The lowest BCUT2D eigenvalue weighted by Gasteiger charge is -2.17. The number of hydrogen-bond donors (Lipinski definition) is 2. The zero-order valence-corrected chi connectivity index (χ0v) is 13.6. The highest BCUT2D eigenvalue weighted by atomic mass is 19.1. The average Bonchev–Trinajstić information content (AvgIpc) is 2.56. The van der Waals surface area contributed by atoms with Crippen molar-refractivity contribution < 1.29 is 14.0 Å². The third-order valence-electron chi connectivity index (χ3n) is 3.79. The number of nitrogens with two attached hydrogens (primary N) is 1. The van der Waals surface area contributed by atoms with E-state index in [9.17, 15) is 14.0 Å². The molecule has 1 atom stereocenters. The molecule has 126 valence electrons. The first-order valence-corrected chi connectivity index (χ1v) is 7.50. The molecule has 3 N–H and O–H groups in total. The van der Waals surface area contributed by atoms with Gasteiger partial charge in [-0.3, -0.25) is 14.9 Å².